The SMILES string of the molecule is Cc1cc(C)c(S(=O)(=O)N2CCOC(C)(C)C2)cc1CCl. The summed E-state index contributed by atoms with van der Waals surface area (Å²) in [5.74, 6) is 0.309. The van der Waals surface area contributed by atoms with Crippen molar-refractivity contribution in [2.24, 2.45) is 0 Å². The number of ether oxygens (including phenoxy) is 1. The molecule has 1 aliphatic heterocycles. The van der Waals surface area contributed by atoms with E-state index in [9.17, 15) is 8.42 Å². The van der Waals surface area contributed by atoms with Crippen LogP contribution < -0.4 is 0 Å². The second-order valence-electron chi connectivity index (χ2n) is 6.12. The fourth-order valence-corrected chi connectivity index (χ4v) is 4.73. The molecular formula is C15H22ClNO3S. The molecule has 4 nitrogen and oxygen atoms in total. The number of morpholine rings is 1. The van der Waals surface area contributed by atoms with E-state index in [0.717, 1.165) is 16.7 Å². The third kappa shape index (κ3) is 3.42. The molecule has 0 aliphatic carbocycles. The van der Waals surface area contributed by atoms with E-state index in [2.05, 4.69) is 0 Å². The maximum Gasteiger partial charge on any atom is 0.243 e. The average molecular weight is 332 g/mol. The lowest BCUT2D eigenvalue weighted by molar-refractivity contribution is -0.0640. The van der Waals surface area contributed by atoms with Gasteiger partial charge >= 0.3 is 0 Å². The summed E-state index contributed by atoms with van der Waals surface area (Å²) in [7, 11) is -3.52. The molecule has 0 saturated carbocycles. The number of halogens is 1. The van der Waals surface area contributed by atoms with Crippen molar-refractivity contribution in [1.82, 2.24) is 4.31 Å². The van der Waals surface area contributed by atoms with E-state index in [0.29, 0.717) is 30.5 Å². The Hall–Kier alpha value is -0.620. The van der Waals surface area contributed by atoms with Gasteiger partial charge in [0.05, 0.1) is 17.1 Å². The summed E-state index contributed by atoms with van der Waals surface area (Å²) in [6, 6.07) is 3.59. The summed E-state index contributed by atoms with van der Waals surface area (Å²) in [6.07, 6.45) is 0. The second-order valence-corrected chi connectivity index (χ2v) is 8.30. The van der Waals surface area contributed by atoms with Crippen molar-refractivity contribution in [1.29, 1.82) is 0 Å². The zero-order chi connectivity index (χ0) is 15.8. The van der Waals surface area contributed by atoms with Gasteiger partial charge in [0, 0.05) is 19.0 Å². The molecule has 21 heavy (non-hydrogen) atoms. The minimum absolute atomic E-state index is 0.309. The van der Waals surface area contributed by atoms with E-state index in [1.807, 2.05) is 33.8 Å². The second kappa shape index (κ2) is 5.88. The van der Waals surface area contributed by atoms with Crippen LogP contribution in [0.2, 0.25) is 0 Å². The maximum absolute atomic E-state index is 12.9. The number of aryl methyl sites for hydroxylation is 2. The summed E-state index contributed by atoms with van der Waals surface area (Å²) in [6.45, 7) is 8.73. The third-order valence-corrected chi connectivity index (χ3v) is 6.06. The first-order valence-corrected chi connectivity index (χ1v) is 8.95. The Morgan fingerprint density at radius 1 is 1.29 bits per heavy atom. The van der Waals surface area contributed by atoms with Gasteiger partial charge in [0.15, 0.2) is 0 Å². The number of hydrogen-bond acceptors (Lipinski definition) is 3. The number of hydrogen-bond donors (Lipinski definition) is 0. The number of benzene rings is 1. The standard InChI is InChI=1S/C15H22ClNO3S/c1-11-7-12(2)14(8-13(11)9-16)21(18,19)17-5-6-20-15(3,4)10-17/h7-8H,5-6,9-10H2,1-4H3. The van der Waals surface area contributed by atoms with E-state index in [1.165, 1.54) is 4.31 Å². The Balaban J connectivity index is 2.44. The molecule has 6 heteroatoms. The Morgan fingerprint density at radius 2 is 1.95 bits per heavy atom. The first-order valence-electron chi connectivity index (χ1n) is 6.97. The molecule has 0 unspecified atom stereocenters. The number of sulfonamides is 1. The van der Waals surface area contributed by atoms with Crippen molar-refractivity contribution in [3.63, 3.8) is 0 Å². The predicted octanol–water partition coefficient (Wildman–Crippen LogP) is 2.84. The van der Waals surface area contributed by atoms with Crippen LogP contribution >= 0.6 is 11.6 Å². The van der Waals surface area contributed by atoms with E-state index in [4.69, 9.17) is 16.3 Å². The molecule has 0 spiro atoms. The summed E-state index contributed by atoms with van der Waals surface area (Å²) < 4.78 is 32.9. The summed E-state index contributed by atoms with van der Waals surface area (Å²) in [5, 5.41) is 0. The van der Waals surface area contributed by atoms with E-state index < -0.39 is 15.6 Å². The lowest BCUT2D eigenvalue weighted by Crippen LogP contribution is -2.50. The molecule has 0 N–H and O–H groups in total. The minimum atomic E-state index is -3.52. The van der Waals surface area contributed by atoms with Gasteiger partial charge < -0.3 is 4.74 Å². The molecule has 1 saturated heterocycles. The highest BCUT2D eigenvalue weighted by Crippen LogP contribution is 2.28. The Morgan fingerprint density at radius 3 is 2.52 bits per heavy atom. The highest BCUT2D eigenvalue weighted by molar-refractivity contribution is 7.89. The molecule has 0 bridgehead atoms. The van der Waals surface area contributed by atoms with Crippen molar-refractivity contribution >= 4 is 21.6 Å². The molecule has 0 radical (unpaired) electrons. The van der Waals surface area contributed by atoms with Crippen molar-refractivity contribution in [2.75, 3.05) is 19.7 Å². The zero-order valence-corrected chi connectivity index (χ0v) is 14.5. The van der Waals surface area contributed by atoms with Crippen LogP contribution in [0, 0.1) is 13.8 Å². The van der Waals surface area contributed by atoms with Crippen LogP contribution in [0.15, 0.2) is 17.0 Å². The monoisotopic (exact) mass is 331 g/mol. The summed E-state index contributed by atoms with van der Waals surface area (Å²) in [5.41, 5.74) is 2.17. The number of nitrogens with zero attached hydrogens (tertiary/aromatic N) is 1. The largest absolute Gasteiger partial charge is 0.373 e. The van der Waals surface area contributed by atoms with Gasteiger partial charge in [-0.05, 0) is 50.5 Å². The molecule has 0 aromatic heterocycles. The number of alkyl halides is 1. The molecule has 1 heterocycles. The third-order valence-electron chi connectivity index (χ3n) is 3.79. The van der Waals surface area contributed by atoms with Crippen LogP contribution in [-0.2, 0) is 20.6 Å². The van der Waals surface area contributed by atoms with Gasteiger partial charge in [-0.15, -0.1) is 11.6 Å². The van der Waals surface area contributed by atoms with Crippen LogP contribution in [0.5, 0.6) is 0 Å². The van der Waals surface area contributed by atoms with Crippen molar-refractivity contribution in [3.05, 3.63) is 28.8 Å². The van der Waals surface area contributed by atoms with Crippen molar-refractivity contribution < 1.29 is 13.2 Å². The quantitative estimate of drug-likeness (QED) is 0.800. The van der Waals surface area contributed by atoms with Gasteiger partial charge in [0.1, 0.15) is 0 Å². The normalized spacial score (nSPS) is 19.7. The average Bonchev–Trinajstić information content (AvgIpc) is 2.37. The van der Waals surface area contributed by atoms with Gasteiger partial charge in [-0.1, -0.05) is 6.07 Å². The van der Waals surface area contributed by atoms with Gasteiger partial charge in [-0.3, -0.25) is 0 Å². The minimum Gasteiger partial charge on any atom is -0.373 e. The van der Waals surface area contributed by atoms with Crippen LogP contribution in [0.4, 0.5) is 0 Å². The van der Waals surface area contributed by atoms with Gasteiger partial charge in [0.2, 0.25) is 10.0 Å². The van der Waals surface area contributed by atoms with Crippen LogP contribution in [0.3, 0.4) is 0 Å². The molecule has 0 atom stereocenters. The lowest BCUT2D eigenvalue weighted by Gasteiger charge is -2.37. The van der Waals surface area contributed by atoms with E-state index in [1.54, 1.807) is 6.07 Å². The Bertz CT molecular complexity index is 641. The lowest BCUT2D eigenvalue weighted by atomic mass is 10.1. The topological polar surface area (TPSA) is 46.6 Å². The van der Waals surface area contributed by atoms with Crippen LogP contribution in [-0.4, -0.2) is 38.0 Å². The Kier molecular flexibility index (Phi) is 4.69. The zero-order valence-electron chi connectivity index (χ0n) is 12.9. The molecule has 1 aromatic carbocycles. The van der Waals surface area contributed by atoms with Crippen LogP contribution in [0.25, 0.3) is 0 Å². The van der Waals surface area contributed by atoms with Gasteiger partial charge in [0.25, 0.3) is 0 Å². The van der Waals surface area contributed by atoms with Crippen molar-refractivity contribution in [2.45, 2.75) is 44.1 Å². The molecule has 1 aromatic rings. The smallest absolute Gasteiger partial charge is 0.243 e. The molecular weight excluding hydrogens is 310 g/mol. The molecule has 118 valence electrons. The first-order chi connectivity index (χ1) is 9.67. The molecule has 1 fully saturated rings. The first kappa shape index (κ1) is 16.7. The Labute approximate surface area is 132 Å². The fourth-order valence-electron chi connectivity index (χ4n) is 2.61. The van der Waals surface area contributed by atoms with Crippen LogP contribution in [0.1, 0.15) is 30.5 Å². The summed E-state index contributed by atoms with van der Waals surface area (Å²) >= 11 is 5.91. The molecule has 0 amide bonds. The van der Waals surface area contributed by atoms with Gasteiger partial charge in [-0.2, -0.15) is 4.31 Å². The van der Waals surface area contributed by atoms with E-state index >= 15 is 0 Å². The fraction of sp³-hybridized carbons (Fsp3) is 0.600. The highest BCUT2D eigenvalue weighted by atomic mass is 35.5. The summed E-state index contributed by atoms with van der Waals surface area (Å²) in [4.78, 5) is 0.349. The highest BCUT2D eigenvalue weighted by Gasteiger charge is 2.35. The van der Waals surface area contributed by atoms with Crippen molar-refractivity contribution in [3.8, 4) is 0 Å². The molecule has 2 rings (SSSR count). The van der Waals surface area contributed by atoms with Gasteiger partial charge in [-0.25, -0.2) is 8.42 Å². The number of rotatable bonds is 3. The predicted molar refractivity (Wildman–Crippen MR) is 84.3 cm³/mol. The maximum atomic E-state index is 12.9. The molecule has 1 aliphatic rings. The van der Waals surface area contributed by atoms with E-state index in [-0.39, 0.29) is 0 Å².